The predicted octanol–water partition coefficient (Wildman–Crippen LogP) is 2.02. The van der Waals surface area contributed by atoms with Crippen LogP contribution < -0.4 is 10.5 Å². The van der Waals surface area contributed by atoms with Gasteiger partial charge in [0.15, 0.2) is 11.5 Å². The van der Waals surface area contributed by atoms with Crippen molar-refractivity contribution in [2.45, 2.75) is 37.1 Å². The molecule has 3 heterocycles. The van der Waals surface area contributed by atoms with Gasteiger partial charge in [-0.2, -0.15) is 0 Å². The maximum Gasteiger partial charge on any atom is 0.262 e. The van der Waals surface area contributed by atoms with Gasteiger partial charge in [0.05, 0.1) is 0 Å². The fourth-order valence-electron chi connectivity index (χ4n) is 4.69. The van der Waals surface area contributed by atoms with Crippen LogP contribution in [-0.4, -0.2) is 46.1 Å². The number of guanidine groups is 1. The fraction of sp³-hybridized carbons (Fsp3) is 0.400. The van der Waals surface area contributed by atoms with E-state index in [2.05, 4.69) is 15.0 Å². The lowest BCUT2D eigenvalue weighted by Crippen LogP contribution is -2.54. The van der Waals surface area contributed by atoms with Crippen molar-refractivity contribution in [1.82, 2.24) is 14.9 Å². The zero-order valence-electron chi connectivity index (χ0n) is 15.4. The van der Waals surface area contributed by atoms with Crippen molar-refractivity contribution >= 4 is 11.9 Å². The molecular formula is C20H20FN5O2. The molecule has 1 amide bonds. The van der Waals surface area contributed by atoms with Gasteiger partial charge in [-0.3, -0.25) is 9.69 Å². The second-order valence-corrected chi connectivity index (χ2v) is 7.61. The van der Waals surface area contributed by atoms with E-state index in [4.69, 9.17) is 10.5 Å². The predicted molar refractivity (Wildman–Crippen MR) is 100 cm³/mol. The number of benzene rings is 1. The number of hydrogen-bond acceptors (Lipinski definition) is 6. The molecule has 1 spiro atoms. The van der Waals surface area contributed by atoms with Crippen molar-refractivity contribution < 1.29 is 13.9 Å². The first kappa shape index (κ1) is 17.1. The maximum atomic E-state index is 14.1. The molecule has 0 bridgehead atoms. The van der Waals surface area contributed by atoms with Crippen LogP contribution in [-0.2, 0) is 10.3 Å². The van der Waals surface area contributed by atoms with Gasteiger partial charge in [0.25, 0.3) is 5.91 Å². The van der Waals surface area contributed by atoms with Crippen LogP contribution in [0.25, 0.3) is 11.1 Å². The Kier molecular flexibility index (Phi) is 3.65. The van der Waals surface area contributed by atoms with Gasteiger partial charge in [-0.25, -0.2) is 19.4 Å². The summed E-state index contributed by atoms with van der Waals surface area (Å²) in [6, 6.07) is 5.60. The number of likely N-dealkylation sites (N-methyl/N-ethyl adjacent to an activating group) is 1. The normalized spacial score (nSPS) is 31.2. The van der Waals surface area contributed by atoms with E-state index in [9.17, 15) is 9.18 Å². The molecule has 5 rings (SSSR count). The highest BCUT2D eigenvalue weighted by Crippen LogP contribution is 2.54. The molecule has 2 aliphatic heterocycles. The minimum absolute atomic E-state index is 0.174. The van der Waals surface area contributed by atoms with E-state index in [-0.39, 0.29) is 24.2 Å². The van der Waals surface area contributed by atoms with E-state index in [0.717, 1.165) is 11.1 Å². The smallest absolute Gasteiger partial charge is 0.262 e. The first-order valence-electron chi connectivity index (χ1n) is 9.35. The van der Waals surface area contributed by atoms with Crippen LogP contribution in [0.3, 0.4) is 0 Å². The Morgan fingerprint density at radius 2 is 2.04 bits per heavy atom. The van der Waals surface area contributed by atoms with E-state index in [1.54, 1.807) is 19.4 Å². The van der Waals surface area contributed by atoms with E-state index in [0.29, 0.717) is 24.2 Å². The van der Waals surface area contributed by atoms with Crippen molar-refractivity contribution in [3.63, 3.8) is 0 Å². The van der Waals surface area contributed by atoms with Gasteiger partial charge in [-0.05, 0) is 30.5 Å². The molecule has 3 aliphatic rings. The van der Waals surface area contributed by atoms with E-state index >= 15 is 0 Å². The fourth-order valence-corrected chi connectivity index (χ4v) is 4.69. The molecule has 144 valence electrons. The first-order chi connectivity index (χ1) is 13.5. The Balaban J connectivity index is 1.72. The number of fused-ring (bicyclic) bond motifs is 4. The number of carbonyl (C=O) groups is 1. The average molecular weight is 381 g/mol. The third kappa shape index (κ3) is 2.26. The van der Waals surface area contributed by atoms with Crippen molar-refractivity contribution in [3.05, 3.63) is 42.5 Å². The minimum Gasteiger partial charge on any atom is -0.490 e. The van der Waals surface area contributed by atoms with E-state index in [1.807, 2.05) is 18.2 Å². The van der Waals surface area contributed by atoms with E-state index < -0.39 is 17.8 Å². The second-order valence-electron chi connectivity index (χ2n) is 7.61. The Morgan fingerprint density at radius 3 is 2.75 bits per heavy atom. The lowest BCUT2D eigenvalue weighted by Gasteiger charge is -2.46. The molecule has 0 saturated heterocycles. The van der Waals surface area contributed by atoms with Crippen LogP contribution in [0, 0.1) is 5.92 Å². The van der Waals surface area contributed by atoms with Gasteiger partial charge in [-0.1, -0.05) is 6.07 Å². The maximum absolute atomic E-state index is 14.1. The van der Waals surface area contributed by atoms with Crippen LogP contribution in [0.4, 0.5) is 4.39 Å². The third-order valence-electron chi connectivity index (χ3n) is 6.09. The summed E-state index contributed by atoms with van der Waals surface area (Å²) in [7, 11) is 1.62. The van der Waals surface area contributed by atoms with Gasteiger partial charge in [-0.15, -0.1) is 0 Å². The highest BCUT2D eigenvalue weighted by atomic mass is 19.1. The summed E-state index contributed by atoms with van der Waals surface area (Å²) in [5, 5.41) is 0. The molecule has 28 heavy (non-hydrogen) atoms. The number of hydrogen-bond donors (Lipinski definition) is 1. The van der Waals surface area contributed by atoms with Crippen LogP contribution in [0.2, 0.25) is 0 Å². The molecular weight excluding hydrogens is 361 g/mol. The molecule has 8 heteroatoms. The number of ether oxygens (including phenoxy) is 1. The highest BCUT2D eigenvalue weighted by molar-refractivity contribution is 6.07. The topological polar surface area (TPSA) is 93.7 Å². The monoisotopic (exact) mass is 381 g/mol. The van der Waals surface area contributed by atoms with Gasteiger partial charge >= 0.3 is 0 Å². The summed E-state index contributed by atoms with van der Waals surface area (Å²) in [6.07, 6.45) is 4.70. The minimum atomic E-state index is -1.18. The van der Waals surface area contributed by atoms with Crippen LogP contribution in [0.15, 0.2) is 41.9 Å². The van der Waals surface area contributed by atoms with Crippen molar-refractivity contribution in [2.24, 2.45) is 16.6 Å². The summed E-state index contributed by atoms with van der Waals surface area (Å²) >= 11 is 0. The zero-order valence-corrected chi connectivity index (χ0v) is 15.4. The molecule has 1 aromatic heterocycles. The first-order valence-corrected chi connectivity index (χ1v) is 9.35. The Bertz CT molecular complexity index is 982. The van der Waals surface area contributed by atoms with E-state index in [1.165, 1.54) is 11.2 Å². The van der Waals surface area contributed by atoms with Crippen molar-refractivity contribution in [1.29, 1.82) is 0 Å². The highest BCUT2D eigenvalue weighted by Gasteiger charge is 2.60. The lowest BCUT2D eigenvalue weighted by molar-refractivity contribution is -0.137. The third-order valence-corrected chi connectivity index (χ3v) is 6.09. The molecule has 0 radical (unpaired) electrons. The number of alkyl halides is 1. The zero-order chi connectivity index (χ0) is 19.5. The largest absolute Gasteiger partial charge is 0.490 e. The molecule has 2 aromatic rings. The summed E-state index contributed by atoms with van der Waals surface area (Å²) in [6.45, 7) is 0. The summed E-state index contributed by atoms with van der Waals surface area (Å²) in [5.41, 5.74) is 7.23. The number of aliphatic imine (C=N–C) groups is 1. The molecule has 1 aliphatic carbocycles. The quantitative estimate of drug-likeness (QED) is 0.816. The van der Waals surface area contributed by atoms with Crippen LogP contribution in [0.5, 0.6) is 5.75 Å². The van der Waals surface area contributed by atoms with Crippen molar-refractivity contribution in [3.8, 4) is 16.9 Å². The number of amides is 1. The molecule has 7 nitrogen and oxygen atoms in total. The summed E-state index contributed by atoms with van der Waals surface area (Å²) in [5.74, 6) is 0.275. The number of aromatic nitrogens is 2. The Labute approximate surface area is 161 Å². The lowest BCUT2D eigenvalue weighted by atomic mass is 9.67. The molecule has 2 N–H and O–H groups in total. The number of carbonyl (C=O) groups excluding carboxylic acids is 1. The van der Waals surface area contributed by atoms with Gasteiger partial charge in [0.2, 0.25) is 0 Å². The molecule has 1 fully saturated rings. The van der Waals surface area contributed by atoms with Crippen LogP contribution in [0.1, 0.15) is 24.8 Å². The Morgan fingerprint density at radius 1 is 1.25 bits per heavy atom. The van der Waals surface area contributed by atoms with Gasteiger partial charge < -0.3 is 10.5 Å². The Hall–Kier alpha value is -3.03. The second kappa shape index (κ2) is 5.98. The van der Waals surface area contributed by atoms with Gasteiger partial charge in [0.1, 0.15) is 24.4 Å². The number of halogens is 1. The number of nitrogens with two attached hydrogens (primary N) is 1. The standard InChI is InChI=1S/C20H20FN5O2/c1-26-18(27)20(25-19(26)22)14-4-3-13(21)7-17(14)28-16-5-2-11(6-15(16)20)12-8-23-10-24-9-12/h2,5-6,8-10,13-14,17H,3-4,7H2,1H3,(H2,22,25). The number of rotatable bonds is 1. The van der Waals surface area contributed by atoms with Crippen LogP contribution >= 0.6 is 0 Å². The molecule has 1 aromatic carbocycles. The number of nitrogens with zero attached hydrogens (tertiary/aromatic N) is 4. The van der Waals surface area contributed by atoms with Crippen molar-refractivity contribution in [2.75, 3.05) is 7.05 Å². The SMILES string of the molecule is CN1C(=O)C2(N=C1N)c1cc(-c3cncnc3)ccc1OC1CC(F)CCC12. The average Bonchev–Trinajstić information content (AvgIpc) is 2.93. The molecule has 1 saturated carbocycles. The summed E-state index contributed by atoms with van der Waals surface area (Å²) < 4.78 is 20.2. The molecule has 4 atom stereocenters. The van der Waals surface area contributed by atoms with Gasteiger partial charge in [0, 0.05) is 42.9 Å². The molecule has 4 unspecified atom stereocenters. The summed E-state index contributed by atoms with van der Waals surface area (Å²) in [4.78, 5) is 27.6.